The van der Waals surface area contributed by atoms with Crippen LogP contribution in [0.1, 0.15) is 27.7 Å². The van der Waals surface area contributed by atoms with Gasteiger partial charge in [-0.25, -0.2) is 0 Å². The molecule has 0 unspecified atom stereocenters. The molecule has 2 heterocycles. The van der Waals surface area contributed by atoms with E-state index in [0.717, 1.165) is 0 Å². The third-order valence-electron chi connectivity index (χ3n) is 3.51. The van der Waals surface area contributed by atoms with Crippen LogP contribution in [0.15, 0.2) is 0 Å². The van der Waals surface area contributed by atoms with Crippen molar-refractivity contribution >= 4 is 0 Å². The fourth-order valence-electron chi connectivity index (χ4n) is 3.01. The minimum atomic E-state index is -0.652. The van der Waals surface area contributed by atoms with Gasteiger partial charge in [-0.3, -0.25) is 0 Å². The van der Waals surface area contributed by atoms with Crippen LogP contribution in [0.2, 0.25) is 0 Å². The van der Waals surface area contributed by atoms with Gasteiger partial charge in [-0.1, -0.05) is 0 Å². The lowest BCUT2D eigenvalue weighted by molar-refractivity contribution is -0.289. The topological polar surface area (TPSA) is 46.2 Å². The van der Waals surface area contributed by atoms with E-state index in [-0.39, 0.29) is 18.3 Å². The Balaban J connectivity index is 2.33. The van der Waals surface area contributed by atoms with Crippen LogP contribution in [0.3, 0.4) is 0 Å². The largest absolute Gasteiger partial charge is 0.376 e. The van der Waals surface area contributed by atoms with Crippen LogP contribution >= 0.6 is 0 Å². The molecule has 2 fully saturated rings. The van der Waals surface area contributed by atoms with Gasteiger partial charge in [0.2, 0.25) is 0 Å². The highest BCUT2D eigenvalue weighted by Gasteiger charge is 2.62. The lowest BCUT2D eigenvalue weighted by atomic mass is 9.86. The van der Waals surface area contributed by atoms with Gasteiger partial charge in [-0.15, -0.1) is 0 Å². The molecule has 0 aromatic rings. The molecule has 0 radical (unpaired) electrons. The Morgan fingerprint density at radius 2 is 1.71 bits per heavy atom. The fraction of sp³-hybridized carbons (Fsp3) is 1.00. The number of methoxy groups -OCH3 is 2. The van der Waals surface area contributed by atoms with Gasteiger partial charge < -0.3 is 23.7 Å². The first kappa shape index (κ1) is 13.2. The van der Waals surface area contributed by atoms with Crippen molar-refractivity contribution in [3.8, 4) is 0 Å². The summed E-state index contributed by atoms with van der Waals surface area (Å²) in [5, 5.41) is 0. The summed E-state index contributed by atoms with van der Waals surface area (Å²) in [6.07, 6.45) is -1.00. The first-order chi connectivity index (χ1) is 7.84. The molecule has 0 aromatic carbocycles. The van der Waals surface area contributed by atoms with Crippen molar-refractivity contribution in [2.45, 2.75) is 63.7 Å². The van der Waals surface area contributed by atoms with Gasteiger partial charge in [-0.05, 0) is 27.7 Å². The average molecular weight is 246 g/mol. The van der Waals surface area contributed by atoms with E-state index in [9.17, 15) is 0 Å². The molecule has 2 rings (SSSR count). The standard InChI is InChI=1S/C12H22O5/c1-7-8(13-5)12(4)9(10(14-6)15-7)16-11(2,3)17-12/h7-10H,1-6H3/t7-,8+,9-,10+,12+/m0/s1. The molecule has 0 aromatic heterocycles. The molecule has 5 atom stereocenters. The van der Waals surface area contributed by atoms with Crippen LogP contribution in [-0.2, 0) is 23.7 Å². The summed E-state index contributed by atoms with van der Waals surface area (Å²) in [6, 6.07) is 0. The number of hydrogen-bond acceptors (Lipinski definition) is 5. The van der Waals surface area contributed by atoms with Gasteiger partial charge in [0.1, 0.15) is 17.8 Å². The maximum absolute atomic E-state index is 6.04. The fourth-order valence-corrected chi connectivity index (χ4v) is 3.01. The average Bonchev–Trinajstić information content (AvgIpc) is 2.46. The number of hydrogen-bond donors (Lipinski definition) is 0. The van der Waals surface area contributed by atoms with Crippen LogP contribution in [0.5, 0.6) is 0 Å². The second-order valence-corrected chi connectivity index (χ2v) is 5.33. The number of fused-ring (bicyclic) bond motifs is 1. The van der Waals surface area contributed by atoms with Crippen molar-refractivity contribution in [2.75, 3.05) is 14.2 Å². The van der Waals surface area contributed by atoms with Gasteiger partial charge >= 0.3 is 0 Å². The molecule has 0 amide bonds. The van der Waals surface area contributed by atoms with E-state index >= 15 is 0 Å². The summed E-state index contributed by atoms with van der Waals surface area (Å²) in [5.74, 6) is -0.652. The summed E-state index contributed by atoms with van der Waals surface area (Å²) in [7, 11) is 3.27. The van der Waals surface area contributed by atoms with E-state index in [0.29, 0.717) is 0 Å². The minimum Gasteiger partial charge on any atom is -0.376 e. The van der Waals surface area contributed by atoms with Crippen molar-refractivity contribution in [3.05, 3.63) is 0 Å². The summed E-state index contributed by atoms with van der Waals surface area (Å²) in [5.41, 5.74) is -0.559. The Bertz CT molecular complexity index is 293. The van der Waals surface area contributed by atoms with E-state index in [1.165, 1.54) is 0 Å². The van der Waals surface area contributed by atoms with E-state index < -0.39 is 17.7 Å². The summed E-state index contributed by atoms with van der Waals surface area (Å²) in [6.45, 7) is 7.73. The van der Waals surface area contributed by atoms with E-state index in [2.05, 4.69) is 0 Å². The van der Waals surface area contributed by atoms with Crippen molar-refractivity contribution in [1.82, 2.24) is 0 Å². The SMILES string of the molecule is CO[C@@H]1O[C@@H](C)[C@@H](OC)[C@@]2(C)OC(C)(C)O[C@@H]12. The molecule has 0 bridgehead atoms. The molecule has 0 spiro atoms. The van der Waals surface area contributed by atoms with Crippen molar-refractivity contribution in [1.29, 1.82) is 0 Å². The smallest absolute Gasteiger partial charge is 0.186 e. The van der Waals surface area contributed by atoms with Gasteiger partial charge in [-0.2, -0.15) is 0 Å². The van der Waals surface area contributed by atoms with Crippen LogP contribution in [0.4, 0.5) is 0 Å². The predicted octanol–water partition coefficient (Wildman–Crippen LogP) is 1.30. The highest BCUT2D eigenvalue weighted by atomic mass is 16.8. The molecule has 5 nitrogen and oxygen atoms in total. The molecular formula is C12H22O5. The summed E-state index contributed by atoms with van der Waals surface area (Å²) in [4.78, 5) is 0. The second-order valence-electron chi connectivity index (χ2n) is 5.33. The molecule has 2 saturated heterocycles. The van der Waals surface area contributed by atoms with Crippen LogP contribution in [0, 0.1) is 0 Å². The first-order valence-corrected chi connectivity index (χ1v) is 5.93. The number of ether oxygens (including phenoxy) is 5. The van der Waals surface area contributed by atoms with Gasteiger partial charge in [0, 0.05) is 14.2 Å². The van der Waals surface area contributed by atoms with Gasteiger partial charge in [0.15, 0.2) is 12.1 Å². The molecule has 0 saturated carbocycles. The molecule has 0 N–H and O–H groups in total. The molecule has 2 aliphatic heterocycles. The maximum Gasteiger partial charge on any atom is 0.186 e. The third-order valence-corrected chi connectivity index (χ3v) is 3.51. The quantitative estimate of drug-likeness (QED) is 0.735. The van der Waals surface area contributed by atoms with Crippen LogP contribution in [-0.4, -0.2) is 50.2 Å². The zero-order valence-electron chi connectivity index (χ0n) is 11.4. The lowest BCUT2D eigenvalue weighted by Gasteiger charge is -2.46. The summed E-state index contributed by atoms with van der Waals surface area (Å²) < 4.78 is 28.6. The molecular weight excluding hydrogens is 224 g/mol. The van der Waals surface area contributed by atoms with E-state index in [4.69, 9.17) is 23.7 Å². The molecule has 0 aliphatic carbocycles. The minimum absolute atomic E-state index is 0.108. The van der Waals surface area contributed by atoms with Gasteiger partial charge in [0.05, 0.1) is 6.10 Å². The zero-order chi connectivity index (χ0) is 12.8. The molecule has 2 aliphatic rings. The summed E-state index contributed by atoms with van der Waals surface area (Å²) >= 11 is 0. The molecule has 5 heteroatoms. The maximum atomic E-state index is 6.04. The van der Waals surface area contributed by atoms with Crippen molar-refractivity contribution < 1.29 is 23.7 Å². The van der Waals surface area contributed by atoms with Gasteiger partial charge in [0.25, 0.3) is 0 Å². The lowest BCUT2D eigenvalue weighted by Crippen LogP contribution is -2.63. The van der Waals surface area contributed by atoms with Crippen LogP contribution in [0.25, 0.3) is 0 Å². The first-order valence-electron chi connectivity index (χ1n) is 5.93. The predicted molar refractivity (Wildman–Crippen MR) is 60.6 cm³/mol. The van der Waals surface area contributed by atoms with E-state index in [1.807, 2.05) is 27.7 Å². The highest BCUT2D eigenvalue weighted by molar-refractivity contribution is 5.05. The Hall–Kier alpha value is -0.200. The second kappa shape index (κ2) is 4.17. The highest BCUT2D eigenvalue weighted by Crippen LogP contribution is 2.45. The van der Waals surface area contributed by atoms with E-state index in [1.54, 1.807) is 14.2 Å². The molecule has 100 valence electrons. The molecule has 17 heavy (non-hydrogen) atoms. The monoisotopic (exact) mass is 246 g/mol. The van der Waals surface area contributed by atoms with Crippen molar-refractivity contribution in [2.24, 2.45) is 0 Å². The zero-order valence-corrected chi connectivity index (χ0v) is 11.4. The van der Waals surface area contributed by atoms with Crippen molar-refractivity contribution in [3.63, 3.8) is 0 Å². The third kappa shape index (κ3) is 2.00. The Morgan fingerprint density at radius 3 is 2.24 bits per heavy atom. The Morgan fingerprint density at radius 1 is 1.06 bits per heavy atom. The normalized spacial score (nSPS) is 49.1. The Kier molecular flexibility index (Phi) is 3.25. The number of rotatable bonds is 2. The Labute approximate surface area is 102 Å². The van der Waals surface area contributed by atoms with Crippen LogP contribution < -0.4 is 0 Å².